The van der Waals surface area contributed by atoms with E-state index in [0.29, 0.717) is 0 Å². The number of hydrogen-bond donors (Lipinski definition) is 1. The van der Waals surface area contributed by atoms with Crippen LogP contribution in [0.3, 0.4) is 0 Å². The maximum Gasteiger partial charge on any atom is 0.179 e. The summed E-state index contributed by atoms with van der Waals surface area (Å²) in [6, 6.07) is 8.53. The van der Waals surface area contributed by atoms with Gasteiger partial charge < -0.3 is 14.6 Å². The molecule has 0 amide bonds. The number of nitrogens with zero attached hydrogens (tertiary/aromatic N) is 4. The lowest BCUT2D eigenvalue weighted by molar-refractivity contribution is 0.253. The molecule has 2 aromatic heterocycles. The molecule has 0 spiro atoms. The van der Waals surface area contributed by atoms with Crippen LogP contribution < -0.4 is 9.64 Å². The van der Waals surface area contributed by atoms with Gasteiger partial charge in [-0.1, -0.05) is 18.2 Å². The SMILES string of the molecule is COc1cncnc1N1CCN(CCCc2c[nH]c3ccccc23)CC1. The molecule has 0 aliphatic carbocycles. The Morgan fingerprint density at radius 1 is 1.15 bits per heavy atom. The van der Waals surface area contributed by atoms with Gasteiger partial charge in [-0.15, -0.1) is 0 Å². The first-order valence-electron chi connectivity index (χ1n) is 9.21. The zero-order valence-electron chi connectivity index (χ0n) is 15.2. The van der Waals surface area contributed by atoms with Gasteiger partial charge in [0.2, 0.25) is 0 Å². The predicted octanol–water partition coefficient (Wildman–Crippen LogP) is 2.72. The Kier molecular flexibility index (Phi) is 5.02. The highest BCUT2D eigenvalue weighted by molar-refractivity contribution is 5.82. The fourth-order valence-electron chi connectivity index (χ4n) is 3.71. The molecule has 0 bridgehead atoms. The van der Waals surface area contributed by atoms with Gasteiger partial charge in [0.25, 0.3) is 0 Å². The number of aromatic amines is 1. The molecule has 3 heterocycles. The molecule has 26 heavy (non-hydrogen) atoms. The van der Waals surface area contributed by atoms with Crippen LogP contribution in [0.5, 0.6) is 5.75 Å². The molecular weight excluding hydrogens is 326 g/mol. The minimum Gasteiger partial charge on any atom is -0.491 e. The number of aromatic nitrogens is 3. The van der Waals surface area contributed by atoms with Gasteiger partial charge in [0, 0.05) is 43.3 Å². The van der Waals surface area contributed by atoms with Crippen molar-refractivity contribution in [1.29, 1.82) is 0 Å². The summed E-state index contributed by atoms with van der Waals surface area (Å²) in [7, 11) is 1.67. The number of ether oxygens (including phenoxy) is 1. The van der Waals surface area contributed by atoms with Gasteiger partial charge >= 0.3 is 0 Å². The number of methoxy groups -OCH3 is 1. The largest absolute Gasteiger partial charge is 0.491 e. The van der Waals surface area contributed by atoms with E-state index in [1.165, 1.54) is 22.9 Å². The molecule has 1 saturated heterocycles. The Balaban J connectivity index is 1.28. The van der Waals surface area contributed by atoms with Crippen molar-refractivity contribution in [3.05, 3.63) is 48.5 Å². The second kappa shape index (κ2) is 7.74. The van der Waals surface area contributed by atoms with Crippen LogP contribution >= 0.6 is 0 Å². The number of aryl methyl sites for hydroxylation is 1. The summed E-state index contributed by atoms with van der Waals surface area (Å²) in [4.78, 5) is 16.6. The van der Waals surface area contributed by atoms with Crippen molar-refractivity contribution in [2.75, 3.05) is 44.7 Å². The van der Waals surface area contributed by atoms with Crippen molar-refractivity contribution in [2.24, 2.45) is 0 Å². The third-order valence-electron chi connectivity index (χ3n) is 5.15. The van der Waals surface area contributed by atoms with Gasteiger partial charge in [-0.3, -0.25) is 4.90 Å². The average molecular weight is 351 g/mol. The fourth-order valence-corrected chi connectivity index (χ4v) is 3.71. The number of piperazine rings is 1. The minimum absolute atomic E-state index is 0.750. The van der Waals surface area contributed by atoms with Crippen LogP contribution in [0.15, 0.2) is 43.0 Å². The third-order valence-corrected chi connectivity index (χ3v) is 5.15. The molecular formula is C20H25N5O. The zero-order valence-corrected chi connectivity index (χ0v) is 15.2. The van der Waals surface area contributed by atoms with Crippen molar-refractivity contribution in [2.45, 2.75) is 12.8 Å². The first-order chi connectivity index (χ1) is 12.8. The lowest BCUT2D eigenvalue weighted by atomic mass is 10.1. The van der Waals surface area contributed by atoms with Crippen molar-refractivity contribution >= 4 is 16.7 Å². The molecule has 1 aliphatic heterocycles. The van der Waals surface area contributed by atoms with Crippen LogP contribution in [0.2, 0.25) is 0 Å². The van der Waals surface area contributed by atoms with Crippen molar-refractivity contribution in [3.63, 3.8) is 0 Å². The second-order valence-electron chi connectivity index (χ2n) is 6.71. The summed E-state index contributed by atoms with van der Waals surface area (Å²) >= 11 is 0. The van der Waals surface area contributed by atoms with E-state index in [0.717, 1.165) is 50.7 Å². The van der Waals surface area contributed by atoms with E-state index in [9.17, 15) is 0 Å². The lowest BCUT2D eigenvalue weighted by Gasteiger charge is -2.35. The molecule has 1 aliphatic rings. The summed E-state index contributed by atoms with van der Waals surface area (Å²) < 4.78 is 5.38. The Labute approximate surface area is 153 Å². The van der Waals surface area contributed by atoms with Crippen LogP contribution in [0, 0.1) is 0 Å². The molecule has 4 rings (SSSR count). The number of para-hydroxylation sites is 1. The summed E-state index contributed by atoms with van der Waals surface area (Å²) in [5.41, 5.74) is 2.65. The number of rotatable bonds is 6. The number of anilines is 1. The molecule has 6 heteroatoms. The molecule has 1 aromatic carbocycles. The summed E-state index contributed by atoms with van der Waals surface area (Å²) in [6.07, 6.45) is 7.77. The highest BCUT2D eigenvalue weighted by Gasteiger charge is 2.20. The van der Waals surface area contributed by atoms with E-state index in [2.05, 4.69) is 55.2 Å². The van der Waals surface area contributed by atoms with Crippen LogP contribution in [-0.4, -0.2) is 59.7 Å². The number of hydrogen-bond acceptors (Lipinski definition) is 5. The topological polar surface area (TPSA) is 57.3 Å². The van der Waals surface area contributed by atoms with E-state index in [1.54, 1.807) is 19.6 Å². The van der Waals surface area contributed by atoms with E-state index in [4.69, 9.17) is 4.74 Å². The van der Waals surface area contributed by atoms with Crippen LogP contribution in [0.4, 0.5) is 5.82 Å². The first-order valence-corrected chi connectivity index (χ1v) is 9.21. The number of H-pyrrole nitrogens is 1. The average Bonchev–Trinajstić information content (AvgIpc) is 3.12. The highest BCUT2D eigenvalue weighted by Crippen LogP contribution is 2.25. The molecule has 0 radical (unpaired) electrons. The Hall–Kier alpha value is -2.60. The molecule has 0 saturated carbocycles. The van der Waals surface area contributed by atoms with Gasteiger partial charge in [0.05, 0.1) is 13.3 Å². The summed E-state index contributed by atoms with van der Waals surface area (Å²) in [5, 5.41) is 1.35. The van der Waals surface area contributed by atoms with E-state index >= 15 is 0 Å². The second-order valence-corrected chi connectivity index (χ2v) is 6.71. The Morgan fingerprint density at radius 2 is 2.00 bits per heavy atom. The van der Waals surface area contributed by atoms with Crippen LogP contribution in [0.1, 0.15) is 12.0 Å². The summed E-state index contributed by atoms with van der Waals surface area (Å²) in [6.45, 7) is 5.19. The van der Waals surface area contributed by atoms with E-state index < -0.39 is 0 Å². The van der Waals surface area contributed by atoms with E-state index in [1.807, 2.05) is 0 Å². The Morgan fingerprint density at radius 3 is 2.85 bits per heavy atom. The highest BCUT2D eigenvalue weighted by atomic mass is 16.5. The standard InChI is InChI=1S/C20H25N5O/c1-26-19-14-21-15-23-20(19)25-11-9-24(10-12-25)8-4-5-16-13-22-18-7-3-2-6-17(16)18/h2-3,6-7,13-15,22H,4-5,8-12H2,1H3. The van der Waals surface area contributed by atoms with Gasteiger partial charge in [-0.2, -0.15) is 0 Å². The lowest BCUT2D eigenvalue weighted by Crippen LogP contribution is -2.47. The molecule has 136 valence electrons. The molecule has 3 aromatic rings. The van der Waals surface area contributed by atoms with Crippen LogP contribution in [0.25, 0.3) is 10.9 Å². The Bertz CT molecular complexity index is 854. The van der Waals surface area contributed by atoms with Crippen molar-refractivity contribution in [1.82, 2.24) is 19.9 Å². The van der Waals surface area contributed by atoms with Gasteiger partial charge in [0.15, 0.2) is 11.6 Å². The maximum atomic E-state index is 5.38. The minimum atomic E-state index is 0.750. The molecule has 0 unspecified atom stereocenters. The predicted molar refractivity (Wildman–Crippen MR) is 104 cm³/mol. The molecule has 1 N–H and O–H groups in total. The zero-order chi connectivity index (χ0) is 17.8. The monoisotopic (exact) mass is 351 g/mol. The van der Waals surface area contributed by atoms with Crippen molar-refractivity contribution in [3.8, 4) is 5.75 Å². The number of nitrogens with one attached hydrogen (secondary N) is 1. The smallest absolute Gasteiger partial charge is 0.179 e. The quantitative estimate of drug-likeness (QED) is 0.740. The molecule has 6 nitrogen and oxygen atoms in total. The normalized spacial score (nSPS) is 15.5. The van der Waals surface area contributed by atoms with Crippen LogP contribution in [-0.2, 0) is 6.42 Å². The number of benzene rings is 1. The van der Waals surface area contributed by atoms with Gasteiger partial charge in [0.1, 0.15) is 6.33 Å². The van der Waals surface area contributed by atoms with Crippen molar-refractivity contribution < 1.29 is 4.74 Å². The summed E-state index contributed by atoms with van der Waals surface area (Å²) in [5.74, 6) is 1.65. The number of fused-ring (bicyclic) bond motifs is 1. The molecule has 0 atom stereocenters. The first kappa shape index (κ1) is 16.8. The fraction of sp³-hybridized carbons (Fsp3) is 0.400. The molecule has 1 fully saturated rings. The van der Waals surface area contributed by atoms with Gasteiger partial charge in [-0.05, 0) is 31.0 Å². The third kappa shape index (κ3) is 3.51. The maximum absolute atomic E-state index is 5.38. The van der Waals surface area contributed by atoms with E-state index in [-0.39, 0.29) is 0 Å². The van der Waals surface area contributed by atoms with Gasteiger partial charge in [-0.25, -0.2) is 9.97 Å².